The van der Waals surface area contributed by atoms with E-state index in [4.69, 9.17) is 16.3 Å². The van der Waals surface area contributed by atoms with Crippen molar-refractivity contribution >= 4 is 22.9 Å². The lowest BCUT2D eigenvalue weighted by Gasteiger charge is -2.47. The first-order valence-corrected chi connectivity index (χ1v) is 8.74. The van der Waals surface area contributed by atoms with Gasteiger partial charge in [-0.3, -0.25) is 0 Å². The van der Waals surface area contributed by atoms with Crippen molar-refractivity contribution in [3.05, 3.63) is 21.3 Å². The van der Waals surface area contributed by atoms with Gasteiger partial charge in [-0.2, -0.15) is 0 Å². The largest absolute Gasteiger partial charge is 0.373 e. The summed E-state index contributed by atoms with van der Waals surface area (Å²) in [6, 6.07) is 2.17. The van der Waals surface area contributed by atoms with E-state index in [0.717, 1.165) is 24.5 Å². The first-order chi connectivity index (χ1) is 9.44. The van der Waals surface area contributed by atoms with Crippen molar-refractivity contribution in [1.29, 1.82) is 0 Å². The summed E-state index contributed by atoms with van der Waals surface area (Å²) < 4.78 is 6.28. The van der Waals surface area contributed by atoms with Gasteiger partial charge < -0.3 is 10.1 Å². The van der Waals surface area contributed by atoms with Crippen LogP contribution < -0.4 is 5.32 Å². The lowest BCUT2D eigenvalue weighted by molar-refractivity contribution is -0.106. The van der Waals surface area contributed by atoms with Gasteiger partial charge in [0.2, 0.25) is 0 Å². The van der Waals surface area contributed by atoms with Crippen LogP contribution in [0.5, 0.6) is 0 Å². The van der Waals surface area contributed by atoms with Gasteiger partial charge in [0.15, 0.2) is 0 Å². The second-order valence-corrected chi connectivity index (χ2v) is 7.87. The van der Waals surface area contributed by atoms with Crippen molar-refractivity contribution in [2.45, 2.75) is 58.1 Å². The first-order valence-electron chi connectivity index (χ1n) is 7.48. The molecule has 2 nitrogen and oxygen atoms in total. The van der Waals surface area contributed by atoms with Gasteiger partial charge in [-0.05, 0) is 56.5 Å². The predicted molar refractivity (Wildman–Crippen MR) is 87.7 cm³/mol. The molecular formula is C16H26ClNOS. The Hall–Kier alpha value is -0.0900. The fourth-order valence-corrected chi connectivity index (χ4v) is 4.68. The molecule has 0 bridgehead atoms. The standard InChI is InChI=1S/C16H26ClNOS/c1-5-19-16(9-7-15(2,3)8-10-16)14(18-4)13-12(17)6-11-20-13/h6,11,14,18H,5,7-10H2,1-4H3. The van der Waals surface area contributed by atoms with Crippen LogP contribution in [0.4, 0.5) is 0 Å². The highest BCUT2D eigenvalue weighted by molar-refractivity contribution is 7.10. The van der Waals surface area contributed by atoms with Crippen LogP contribution in [-0.2, 0) is 4.74 Å². The molecule has 2 rings (SSSR count). The topological polar surface area (TPSA) is 21.3 Å². The lowest BCUT2D eigenvalue weighted by Crippen LogP contribution is -2.48. The molecule has 0 aromatic carbocycles. The average molecular weight is 316 g/mol. The molecule has 0 aliphatic heterocycles. The van der Waals surface area contributed by atoms with Crippen molar-refractivity contribution in [2.24, 2.45) is 5.41 Å². The van der Waals surface area contributed by atoms with Crippen molar-refractivity contribution < 1.29 is 4.74 Å². The monoisotopic (exact) mass is 315 g/mol. The minimum absolute atomic E-state index is 0.118. The Morgan fingerprint density at radius 2 is 2.00 bits per heavy atom. The molecule has 114 valence electrons. The summed E-state index contributed by atoms with van der Waals surface area (Å²) in [4.78, 5) is 1.21. The van der Waals surface area contributed by atoms with Crippen molar-refractivity contribution in [2.75, 3.05) is 13.7 Å². The van der Waals surface area contributed by atoms with Gasteiger partial charge in [0.05, 0.1) is 16.7 Å². The number of nitrogens with one attached hydrogen (secondary N) is 1. The van der Waals surface area contributed by atoms with Crippen LogP contribution in [-0.4, -0.2) is 19.3 Å². The maximum Gasteiger partial charge on any atom is 0.0885 e. The van der Waals surface area contributed by atoms with E-state index in [2.05, 4.69) is 31.5 Å². The summed E-state index contributed by atoms with van der Waals surface area (Å²) in [5.41, 5.74) is 0.311. The summed E-state index contributed by atoms with van der Waals surface area (Å²) in [6.07, 6.45) is 4.59. The molecule has 0 spiro atoms. The Morgan fingerprint density at radius 3 is 2.45 bits per heavy atom. The van der Waals surface area contributed by atoms with Gasteiger partial charge in [-0.15, -0.1) is 11.3 Å². The zero-order valence-electron chi connectivity index (χ0n) is 13.0. The minimum Gasteiger partial charge on any atom is -0.373 e. The van der Waals surface area contributed by atoms with E-state index >= 15 is 0 Å². The Bertz CT molecular complexity index is 433. The molecule has 0 radical (unpaired) electrons. The number of thiophene rings is 1. The molecule has 1 saturated carbocycles. The Balaban J connectivity index is 2.29. The molecule has 1 unspecified atom stereocenters. The van der Waals surface area contributed by atoms with Crippen LogP contribution in [0.3, 0.4) is 0 Å². The normalized spacial score (nSPS) is 22.6. The highest BCUT2D eigenvalue weighted by atomic mass is 35.5. The molecule has 1 aliphatic carbocycles. The third-order valence-electron chi connectivity index (χ3n) is 4.60. The molecule has 1 aromatic heterocycles. The van der Waals surface area contributed by atoms with Crippen molar-refractivity contribution in [3.8, 4) is 0 Å². The quantitative estimate of drug-likeness (QED) is 0.822. The van der Waals surface area contributed by atoms with Crippen LogP contribution in [0.1, 0.15) is 57.4 Å². The van der Waals surface area contributed by atoms with Crippen LogP contribution in [0.25, 0.3) is 0 Å². The molecule has 1 aliphatic rings. The summed E-state index contributed by atoms with van der Waals surface area (Å²) in [7, 11) is 2.02. The minimum atomic E-state index is -0.118. The number of ether oxygens (including phenoxy) is 1. The molecule has 1 atom stereocenters. The van der Waals surface area contributed by atoms with Crippen LogP contribution >= 0.6 is 22.9 Å². The molecule has 4 heteroatoms. The molecule has 1 N–H and O–H groups in total. The average Bonchev–Trinajstić information content (AvgIpc) is 2.81. The highest BCUT2D eigenvalue weighted by Crippen LogP contribution is 2.49. The van der Waals surface area contributed by atoms with E-state index in [1.54, 1.807) is 11.3 Å². The van der Waals surface area contributed by atoms with Crippen LogP contribution in [0, 0.1) is 5.41 Å². The number of hydrogen-bond donors (Lipinski definition) is 1. The number of halogens is 1. The molecular weight excluding hydrogens is 290 g/mol. The molecule has 1 fully saturated rings. The molecule has 0 amide bonds. The fraction of sp³-hybridized carbons (Fsp3) is 0.750. The van der Waals surface area contributed by atoms with Gasteiger partial charge in [-0.1, -0.05) is 25.4 Å². The van der Waals surface area contributed by atoms with Crippen molar-refractivity contribution in [3.63, 3.8) is 0 Å². The summed E-state index contributed by atoms with van der Waals surface area (Å²) >= 11 is 8.09. The van der Waals surface area contributed by atoms with Crippen LogP contribution in [0.15, 0.2) is 11.4 Å². The van der Waals surface area contributed by atoms with Crippen LogP contribution in [0.2, 0.25) is 5.02 Å². The van der Waals surface area contributed by atoms with E-state index in [1.165, 1.54) is 17.7 Å². The predicted octanol–water partition coefficient (Wildman–Crippen LogP) is 5.04. The summed E-state index contributed by atoms with van der Waals surface area (Å²) in [5.74, 6) is 0. The molecule has 0 saturated heterocycles. The zero-order valence-corrected chi connectivity index (χ0v) is 14.5. The van der Waals surface area contributed by atoms with Gasteiger partial charge >= 0.3 is 0 Å². The second-order valence-electron chi connectivity index (χ2n) is 6.52. The highest BCUT2D eigenvalue weighted by Gasteiger charge is 2.45. The zero-order chi connectivity index (χ0) is 14.8. The third kappa shape index (κ3) is 3.22. The number of rotatable bonds is 5. The van der Waals surface area contributed by atoms with E-state index in [0.29, 0.717) is 5.41 Å². The Labute approximate surface area is 131 Å². The van der Waals surface area contributed by atoms with Gasteiger partial charge in [0.25, 0.3) is 0 Å². The van der Waals surface area contributed by atoms with E-state index in [1.807, 2.05) is 13.1 Å². The summed E-state index contributed by atoms with van der Waals surface area (Å²) in [5, 5.41) is 6.39. The van der Waals surface area contributed by atoms with Gasteiger partial charge in [0, 0.05) is 11.5 Å². The second kappa shape index (κ2) is 6.35. The third-order valence-corrected chi connectivity index (χ3v) is 6.03. The maximum atomic E-state index is 6.37. The smallest absolute Gasteiger partial charge is 0.0885 e. The molecule has 1 heterocycles. The van der Waals surface area contributed by atoms with E-state index in [9.17, 15) is 0 Å². The number of likely N-dealkylation sites (N-methyl/N-ethyl adjacent to an activating group) is 1. The summed E-state index contributed by atoms with van der Waals surface area (Å²) in [6.45, 7) is 7.55. The van der Waals surface area contributed by atoms with Crippen molar-refractivity contribution in [1.82, 2.24) is 5.32 Å². The Kier molecular flexibility index (Phi) is 5.17. The van der Waals surface area contributed by atoms with E-state index in [-0.39, 0.29) is 11.6 Å². The first kappa shape index (κ1) is 16.3. The Morgan fingerprint density at radius 1 is 1.35 bits per heavy atom. The number of hydrogen-bond acceptors (Lipinski definition) is 3. The molecule has 20 heavy (non-hydrogen) atoms. The molecule has 1 aromatic rings. The lowest BCUT2D eigenvalue weighted by atomic mass is 9.68. The maximum absolute atomic E-state index is 6.37. The fourth-order valence-electron chi connectivity index (χ4n) is 3.30. The van der Waals surface area contributed by atoms with Gasteiger partial charge in [-0.25, -0.2) is 0 Å². The SMILES string of the molecule is CCOC1(C(NC)c2sccc2Cl)CCC(C)(C)CC1. The van der Waals surface area contributed by atoms with Gasteiger partial charge in [0.1, 0.15) is 0 Å². The van der Waals surface area contributed by atoms with E-state index < -0.39 is 0 Å².